The van der Waals surface area contributed by atoms with E-state index >= 15 is 0 Å². The first-order chi connectivity index (χ1) is 8.88. The van der Waals surface area contributed by atoms with Crippen LogP contribution in [0.15, 0.2) is 0 Å². The highest BCUT2D eigenvalue weighted by molar-refractivity contribution is 5.81. The average molecular weight is 267 g/mol. The summed E-state index contributed by atoms with van der Waals surface area (Å²) in [6.45, 7) is 4.46. The first-order valence-corrected chi connectivity index (χ1v) is 7.85. The zero-order valence-corrected chi connectivity index (χ0v) is 12.8. The van der Waals surface area contributed by atoms with Crippen molar-refractivity contribution in [1.29, 1.82) is 0 Å². The van der Waals surface area contributed by atoms with Gasteiger partial charge in [0.2, 0.25) is 5.91 Å². The molecule has 0 aromatic carbocycles. The molecule has 0 radical (unpaired) electrons. The summed E-state index contributed by atoms with van der Waals surface area (Å²) < 4.78 is 0. The Bertz CT molecular complexity index is 369. The van der Waals surface area contributed by atoms with Gasteiger partial charge in [0, 0.05) is 7.47 Å². The third-order valence-corrected chi connectivity index (χ3v) is 6.04. The molecule has 0 aliphatic heterocycles. The Labute approximate surface area is 118 Å². The molecule has 3 unspecified atom stereocenters. The van der Waals surface area contributed by atoms with Gasteiger partial charge < -0.3 is 5.32 Å². The Balaban J connectivity index is 0.00000147. The Morgan fingerprint density at radius 2 is 1.84 bits per heavy atom. The number of carbonyl (C=O) groups excluding carboxylic acids is 1. The van der Waals surface area contributed by atoms with Crippen molar-refractivity contribution in [3.63, 3.8) is 0 Å². The smallest absolute Gasteiger partial charge is 0.237 e. The van der Waals surface area contributed by atoms with Crippen LogP contribution < -0.4 is 5.32 Å². The van der Waals surface area contributed by atoms with Crippen molar-refractivity contribution in [2.45, 2.75) is 58.0 Å². The van der Waals surface area contributed by atoms with Crippen molar-refractivity contribution in [3.05, 3.63) is 0 Å². The number of nitrogens with one attached hydrogen (secondary N) is 1. The second-order valence-electron chi connectivity index (χ2n) is 7.95. The van der Waals surface area contributed by atoms with Gasteiger partial charge in [0.25, 0.3) is 0 Å². The maximum absolute atomic E-state index is 12.3. The maximum atomic E-state index is 12.3. The fourth-order valence-corrected chi connectivity index (χ4v) is 5.19. The molecule has 110 valence electrons. The van der Waals surface area contributed by atoms with Crippen molar-refractivity contribution < 1.29 is 6.22 Å². The molecule has 4 fully saturated rings. The van der Waals surface area contributed by atoms with Gasteiger partial charge in [-0.25, -0.2) is 0 Å². The summed E-state index contributed by atoms with van der Waals surface area (Å²) in [5, 5.41) is 3.38. The molecule has 0 spiro atoms. The van der Waals surface area contributed by atoms with E-state index in [1.807, 2.05) is 25.9 Å². The highest BCUT2D eigenvalue weighted by Gasteiger charge is 2.53. The van der Waals surface area contributed by atoms with Crippen LogP contribution in [0, 0.1) is 23.2 Å². The summed E-state index contributed by atoms with van der Waals surface area (Å²) in [5.74, 6) is 2.65. The van der Waals surface area contributed by atoms with Crippen LogP contribution in [0.1, 0.15) is 47.4 Å². The lowest BCUT2D eigenvalue weighted by Gasteiger charge is -2.59. The molecule has 4 aliphatic rings. The highest BCUT2D eigenvalue weighted by Crippen LogP contribution is 2.59. The van der Waals surface area contributed by atoms with Crippen molar-refractivity contribution in [1.82, 2.24) is 10.2 Å². The standard InChI is InChI=1S/C16H28N2O.H2/c1-10(18(3)4)15(19)17-14-12-5-11-6-13(14)9-16(2,7-11)8-12;/h10-14H,5-9H2,1-4H3,(H,17,19);1H/i;1+1. The molecular weight excluding hydrogens is 236 g/mol. The summed E-state index contributed by atoms with van der Waals surface area (Å²) in [4.78, 5) is 14.3. The molecule has 0 saturated heterocycles. The number of amides is 1. The molecule has 4 saturated carbocycles. The lowest BCUT2D eigenvalue weighted by atomic mass is 9.48. The molecule has 4 bridgehead atoms. The molecule has 4 aliphatic carbocycles. The Hall–Kier alpha value is -0.570. The van der Waals surface area contributed by atoms with E-state index in [9.17, 15) is 4.79 Å². The van der Waals surface area contributed by atoms with E-state index in [4.69, 9.17) is 0 Å². The lowest BCUT2D eigenvalue weighted by molar-refractivity contribution is -0.131. The van der Waals surface area contributed by atoms with E-state index in [-0.39, 0.29) is 13.4 Å². The topological polar surface area (TPSA) is 32.3 Å². The van der Waals surface area contributed by atoms with Gasteiger partial charge in [-0.15, -0.1) is 0 Å². The van der Waals surface area contributed by atoms with Crippen LogP contribution in [0.3, 0.4) is 0 Å². The Morgan fingerprint density at radius 1 is 1.26 bits per heavy atom. The van der Waals surface area contributed by atoms with Crippen LogP contribution in [0.25, 0.3) is 0 Å². The molecule has 3 atom stereocenters. The molecule has 0 aromatic heterocycles. The molecule has 3 heteroatoms. The summed E-state index contributed by atoms with van der Waals surface area (Å²) in [6, 6.07) is 0.437. The molecule has 3 nitrogen and oxygen atoms in total. The van der Waals surface area contributed by atoms with Crippen LogP contribution in [-0.2, 0) is 4.79 Å². The van der Waals surface area contributed by atoms with Crippen LogP contribution in [0.5, 0.6) is 0 Å². The van der Waals surface area contributed by atoms with Crippen LogP contribution in [0.2, 0.25) is 0 Å². The van der Waals surface area contributed by atoms with Crippen molar-refractivity contribution in [3.8, 4) is 0 Å². The summed E-state index contributed by atoms with van der Waals surface area (Å²) in [7, 11) is 3.95. The summed E-state index contributed by atoms with van der Waals surface area (Å²) >= 11 is 0. The van der Waals surface area contributed by atoms with Gasteiger partial charge in [-0.05, 0) is 76.3 Å². The number of carbonyl (C=O) groups is 1. The first-order valence-electron chi connectivity index (χ1n) is 7.85. The minimum Gasteiger partial charge on any atom is -0.351 e. The van der Waals surface area contributed by atoms with Gasteiger partial charge in [0.05, 0.1) is 6.04 Å². The van der Waals surface area contributed by atoms with E-state index < -0.39 is 0 Å². The summed E-state index contributed by atoms with van der Waals surface area (Å²) in [5.41, 5.74) is 0.588. The summed E-state index contributed by atoms with van der Waals surface area (Å²) in [6.07, 6.45) is 6.82. The van der Waals surface area contributed by atoms with E-state index in [1.165, 1.54) is 32.1 Å². The SMILES string of the molecule is CC(C(=O)NC1C2CC3CC1CC(C)(C3)C2)N(C)C.[2HH]. The zero-order valence-electron chi connectivity index (χ0n) is 12.8. The molecule has 19 heavy (non-hydrogen) atoms. The first kappa shape index (κ1) is 13.4. The van der Waals surface area contributed by atoms with Crippen molar-refractivity contribution in [2.24, 2.45) is 23.2 Å². The van der Waals surface area contributed by atoms with Crippen LogP contribution >= 0.6 is 0 Å². The van der Waals surface area contributed by atoms with Crippen LogP contribution in [-0.4, -0.2) is 37.0 Å². The van der Waals surface area contributed by atoms with E-state index in [1.54, 1.807) is 0 Å². The van der Waals surface area contributed by atoms with Crippen LogP contribution in [0.4, 0.5) is 0 Å². The second-order valence-corrected chi connectivity index (χ2v) is 7.95. The minimum absolute atomic E-state index is 0. The number of nitrogens with zero attached hydrogens (tertiary/aromatic N) is 1. The van der Waals surface area contributed by atoms with Gasteiger partial charge in [-0.1, -0.05) is 6.92 Å². The third-order valence-electron chi connectivity index (χ3n) is 6.04. The fraction of sp³-hybridized carbons (Fsp3) is 0.938. The average Bonchev–Trinajstić information content (AvgIpc) is 2.30. The third kappa shape index (κ3) is 2.31. The Kier molecular flexibility index (Phi) is 3.16. The largest absolute Gasteiger partial charge is 0.351 e. The van der Waals surface area contributed by atoms with E-state index in [2.05, 4.69) is 12.2 Å². The van der Waals surface area contributed by atoms with Gasteiger partial charge >= 0.3 is 0 Å². The van der Waals surface area contributed by atoms with Gasteiger partial charge in [0.15, 0.2) is 0 Å². The van der Waals surface area contributed by atoms with Crippen molar-refractivity contribution in [2.75, 3.05) is 14.1 Å². The number of hydrogen-bond acceptors (Lipinski definition) is 2. The molecule has 1 amide bonds. The molecule has 0 aromatic rings. The zero-order chi connectivity index (χ0) is 13.8. The van der Waals surface area contributed by atoms with E-state index in [0.29, 0.717) is 11.5 Å². The quantitative estimate of drug-likeness (QED) is 0.852. The fourth-order valence-electron chi connectivity index (χ4n) is 5.19. The van der Waals surface area contributed by atoms with E-state index in [0.717, 1.165) is 17.8 Å². The highest BCUT2D eigenvalue weighted by atomic mass is 16.2. The predicted molar refractivity (Wildman–Crippen MR) is 78.9 cm³/mol. The van der Waals surface area contributed by atoms with Crippen molar-refractivity contribution >= 4 is 5.91 Å². The normalized spacial score (nSPS) is 45.5. The lowest BCUT2D eigenvalue weighted by Crippen LogP contribution is -2.60. The minimum atomic E-state index is -0.0206. The van der Waals surface area contributed by atoms with Gasteiger partial charge in [-0.3, -0.25) is 9.69 Å². The molecule has 0 heterocycles. The predicted octanol–water partition coefficient (Wildman–Crippen LogP) is 2.51. The van der Waals surface area contributed by atoms with Gasteiger partial charge in [0.1, 0.15) is 0 Å². The second kappa shape index (κ2) is 4.47. The maximum Gasteiger partial charge on any atom is 0.237 e. The number of hydrogen-bond donors (Lipinski definition) is 1. The monoisotopic (exact) mass is 267 g/mol. The Morgan fingerprint density at radius 3 is 2.32 bits per heavy atom. The molecule has 4 rings (SSSR count). The molecule has 1 N–H and O–H groups in total. The molecular formula is C16H30N2O. The number of likely N-dealkylation sites (N-methyl/N-ethyl adjacent to an activating group) is 1. The number of rotatable bonds is 3. The van der Waals surface area contributed by atoms with Gasteiger partial charge in [-0.2, -0.15) is 0 Å².